The van der Waals surface area contributed by atoms with Crippen molar-refractivity contribution >= 4 is 11.6 Å². The second-order valence-corrected chi connectivity index (χ2v) is 5.15. The lowest BCUT2D eigenvalue weighted by Crippen LogP contribution is -2.32. The molecule has 1 heterocycles. The number of hydrogen-bond acceptors (Lipinski definition) is 2. The fraction of sp³-hybridized carbons (Fsp3) is 0.538. The molecule has 0 bridgehead atoms. The molecule has 1 aromatic carbocycles. The van der Waals surface area contributed by atoms with Gasteiger partial charge in [0.15, 0.2) is 0 Å². The van der Waals surface area contributed by atoms with Crippen LogP contribution in [0, 0.1) is 5.82 Å². The van der Waals surface area contributed by atoms with E-state index in [0.717, 1.165) is 31.5 Å². The van der Waals surface area contributed by atoms with E-state index >= 15 is 0 Å². The third-order valence-electron chi connectivity index (χ3n) is 3.30. The molecule has 4 heteroatoms. The summed E-state index contributed by atoms with van der Waals surface area (Å²) in [4.78, 5) is 0. The van der Waals surface area contributed by atoms with Crippen molar-refractivity contribution in [3.05, 3.63) is 34.6 Å². The van der Waals surface area contributed by atoms with Gasteiger partial charge in [-0.3, -0.25) is 0 Å². The van der Waals surface area contributed by atoms with Gasteiger partial charge in [-0.15, -0.1) is 0 Å². The molecule has 0 radical (unpaired) electrons. The molecule has 1 unspecified atom stereocenters. The minimum Gasteiger partial charge on any atom is -0.389 e. The van der Waals surface area contributed by atoms with Crippen LogP contribution in [-0.2, 0) is 6.42 Å². The highest BCUT2D eigenvalue weighted by atomic mass is 35.5. The van der Waals surface area contributed by atoms with Crippen molar-refractivity contribution in [3.63, 3.8) is 0 Å². The molecule has 1 aromatic rings. The van der Waals surface area contributed by atoms with Crippen molar-refractivity contribution in [2.75, 3.05) is 13.1 Å². The predicted molar refractivity (Wildman–Crippen MR) is 66.8 cm³/mol. The molecule has 94 valence electrons. The van der Waals surface area contributed by atoms with Crippen molar-refractivity contribution < 1.29 is 9.50 Å². The Bertz CT molecular complexity index is 389. The topological polar surface area (TPSA) is 32.3 Å². The summed E-state index contributed by atoms with van der Waals surface area (Å²) in [7, 11) is 0. The summed E-state index contributed by atoms with van der Waals surface area (Å²) >= 11 is 5.98. The van der Waals surface area contributed by atoms with E-state index in [0.29, 0.717) is 17.9 Å². The quantitative estimate of drug-likeness (QED) is 0.853. The van der Waals surface area contributed by atoms with Gasteiger partial charge in [0.2, 0.25) is 0 Å². The highest BCUT2D eigenvalue weighted by Crippen LogP contribution is 2.28. The minimum atomic E-state index is -0.717. The molecule has 2 nitrogen and oxygen atoms in total. The second kappa shape index (κ2) is 5.34. The molecule has 0 aliphatic carbocycles. The van der Waals surface area contributed by atoms with E-state index in [-0.39, 0.29) is 5.82 Å². The summed E-state index contributed by atoms with van der Waals surface area (Å²) in [6, 6.07) is 4.35. The van der Waals surface area contributed by atoms with E-state index in [1.807, 2.05) is 0 Å². The zero-order valence-electron chi connectivity index (χ0n) is 9.68. The van der Waals surface area contributed by atoms with Gasteiger partial charge in [-0.05, 0) is 50.0 Å². The van der Waals surface area contributed by atoms with Crippen LogP contribution < -0.4 is 5.32 Å². The van der Waals surface area contributed by atoms with Crippen LogP contribution in [0.4, 0.5) is 4.39 Å². The molecular weight excluding hydrogens is 241 g/mol. The number of aliphatic hydroxyl groups is 1. The molecule has 0 aromatic heterocycles. The monoisotopic (exact) mass is 257 g/mol. The summed E-state index contributed by atoms with van der Waals surface area (Å²) < 4.78 is 12.9. The standard InChI is InChI=1S/C13H17ClFNO/c14-12-8-11(15)3-2-10(12)9-13(17)4-1-6-16-7-5-13/h2-3,8,16-17H,1,4-7,9H2. The molecule has 1 fully saturated rings. The lowest BCUT2D eigenvalue weighted by molar-refractivity contribution is 0.0285. The van der Waals surface area contributed by atoms with Crippen molar-refractivity contribution in [3.8, 4) is 0 Å². The minimum absolute atomic E-state index is 0.340. The second-order valence-electron chi connectivity index (χ2n) is 4.74. The van der Waals surface area contributed by atoms with Gasteiger partial charge in [0, 0.05) is 11.4 Å². The highest BCUT2D eigenvalue weighted by Gasteiger charge is 2.28. The van der Waals surface area contributed by atoms with Crippen LogP contribution in [0.15, 0.2) is 18.2 Å². The maximum absolute atomic E-state index is 12.9. The largest absolute Gasteiger partial charge is 0.389 e. The summed E-state index contributed by atoms with van der Waals surface area (Å²) in [5.41, 5.74) is 0.0998. The summed E-state index contributed by atoms with van der Waals surface area (Å²) in [6.07, 6.45) is 2.91. The first kappa shape index (κ1) is 12.8. The van der Waals surface area contributed by atoms with Gasteiger partial charge in [-0.1, -0.05) is 17.7 Å². The van der Waals surface area contributed by atoms with Crippen molar-refractivity contribution in [2.24, 2.45) is 0 Å². The Morgan fingerprint density at radius 1 is 1.35 bits per heavy atom. The van der Waals surface area contributed by atoms with E-state index < -0.39 is 5.60 Å². The first-order valence-electron chi connectivity index (χ1n) is 5.96. The molecule has 1 aliphatic rings. The zero-order valence-corrected chi connectivity index (χ0v) is 10.4. The maximum Gasteiger partial charge on any atom is 0.124 e. The Labute approximate surface area is 106 Å². The Morgan fingerprint density at radius 2 is 2.18 bits per heavy atom. The Balaban J connectivity index is 2.12. The Hall–Kier alpha value is -0.640. The van der Waals surface area contributed by atoms with Crippen LogP contribution in [0.1, 0.15) is 24.8 Å². The van der Waals surface area contributed by atoms with Crippen LogP contribution in [0.5, 0.6) is 0 Å². The van der Waals surface area contributed by atoms with Crippen LogP contribution in [0.2, 0.25) is 5.02 Å². The van der Waals surface area contributed by atoms with Crippen molar-refractivity contribution in [1.29, 1.82) is 0 Å². The van der Waals surface area contributed by atoms with Gasteiger partial charge in [-0.25, -0.2) is 4.39 Å². The Morgan fingerprint density at radius 3 is 2.94 bits per heavy atom. The molecule has 2 rings (SSSR count). The molecule has 1 aliphatic heterocycles. The van der Waals surface area contributed by atoms with E-state index in [1.54, 1.807) is 6.07 Å². The zero-order chi connectivity index (χ0) is 12.3. The number of rotatable bonds is 2. The normalized spacial score (nSPS) is 25.6. The van der Waals surface area contributed by atoms with Gasteiger partial charge < -0.3 is 10.4 Å². The maximum atomic E-state index is 12.9. The molecule has 17 heavy (non-hydrogen) atoms. The van der Waals surface area contributed by atoms with Gasteiger partial charge in [0.05, 0.1) is 5.60 Å². The molecule has 1 atom stereocenters. The summed E-state index contributed by atoms with van der Waals surface area (Å²) in [6.45, 7) is 1.76. The molecule has 2 N–H and O–H groups in total. The van der Waals surface area contributed by atoms with Crippen molar-refractivity contribution in [2.45, 2.75) is 31.3 Å². The molecule has 0 spiro atoms. The lowest BCUT2D eigenvalue weighted by Gasteiger charge is -2.26. The smallest absolute Gasteiger partial charge is 0.124 e. The molecule has 1 saturated heterocycles. The summed E-state index contributed by atoms with van der Waals surface area (Å²) in [5, 5.41) is 14.2. The van der Waals surface area contributed by atoms with Crippen LogP contribution >= 0.6 is 11.6 Å². The third-order valence-corrected chi connectivity index (χ3v) is 3.65. The van der Waals surface area contributed by atoms with E-state index in [4.69, 9.17) is 11.6 Å². The summed E-state index contributed by atoms with van der Waals surface area (Å²) in [5.74, 6) is -0.340. The SMILES string of the molecule is OC1(Cc2ccc(F)cc2Cl)CCCNCC1. The van der Waals surface area contributed by atoms with Gasteiger partial charge >= 0.3 is 0 Å². The van der Waals surface area contributed by atoms with Crippen LogP contribution in [0.25, 0.3) is 0 Å². The fourth-order valence-electron chi connectivity index (χ4n) is 2.31. The van der Waals surface area contributed by atoms with Gasteiger partial charge in [-0.2, -0.15) is 0 Å². The number of nitrogens with one attached hydrogen (secondary N) is 1. The molecule has 0 amide bonds. The molecular formula is C13H17ClFNO. The van der Waals surface area contributed by atoms with Crippen LogP contribution in [0.3, 0.4) is 0 Å². The lowest BCUT2D eigenvalue weighted by atomic mass is 9.88. The first-order valence-corrected chi connectivity index (χ1v) is 6.34. The van der Waals surface area contributed by atoms with E-state index in [9.17, 15) is 9.50 Å². The fourth-order valence-corrected chi connectivity index (χ4v) is 2.54. The predicted octanol–water partition coefficient (Wildman–Crippen LogP) is 2.53. The molecule has 0 saturated carbocycles. The van der Waals surface area contributed by atoms with E-state index in [2.05, 4.69) is 5.32 Å². The Kier molecular flexibility index (Phi) is 4.02. The van der Waals surface area contributed by atoms with Gasteiger partial charge in [0.1, 0.15) is 5.82 Å². The first-order chi connectivity index (χ1) is 8.09. The average Bonchev–Trinajstić information content (AvgIpc) is 2.48. The third kappa shape index (κ3) is 3.41. The van der Waals surface area contributed by atoms with E-state index in [1.165, 1.54) is 12.1 Å². The number of halogens is 2. The van der Waals surface area contributed by atoms with Gasteiger partial charge in [0.25, 0.3) is 0 Å². The number of hydrogen-bond donors (Lipinski definition) is 2. The highest BCUT2D eigenvalue weighted by molar-refractivity contribution is 6.31. The van der Waals surface area contributed by atoms with Crippen LogP contribution in [-0.4, -0.2) is 23.8 Å². The average molecular weight is 258 g/mol. The van der Waals surface area contributed by atoms with Crippen molar-refractivity contribution in [1.82, 2.24) is 5.32 Å². The number of benzene rings is 1.